The molecule has 0 unspecified atom stereocenters. The number of nitrogens with zero attached hydrogens (tertiary/aromatic N) is 3. The lowest BCUT2D eigenvalue weighted by molar-refractivity contribution is 0.102. The predicted octanol–water partition coefficient (Wildman–Crippen LogP) is 5.12. The molecule has 0 spiro atoms. The number of hydrogen-bond donors (Lipinski definition) is 2. The van der Waals surface area contributed by atoms with Gasteiger partial charge in [0.25, 0.3) is 0 Å². The van der Waals surface area contributed by atoms with E-state index in [2.05, 4.69) is 10.3 Å². The van der Waals surface area contributed by atoms with E-state index in [0.717, 1.165) is 37.7 Å². The van der Waals surface area contributed by atoms with Crippen molar-refractivity contribution in [1.82, 2.24) is 14.9 Å². The molecule has 1 fully saturated rings. The number of carbonyl (C=O) groups excluding carboxylic acids is 1. The van der Waals surface area contributed by atoms with Crippen molar-refractivity contribution < 1.29 is 24.1 Å². The van der Waals surface area contributed by atoms with Crippen LogP contribution in [0.3, 0.4) is 0 Å². The Kier molecular flexibility index (Phi) is 5.05. The highest BCUT2D eigenvalue weighted by atomic mass is 16.5. The average Bonchev–Trinajstić information content (AvgIpc) is 3.55. The van der Waals surface area contributed by atoms with Crippen LogP contribution in [-0.4, -0.2) is 30.9 Å². The molecule has 1 aliphatic rings. The van der Waals surface area contributed by atoms with Crippen molar-refractivity contribution in [2.24, 2.45) is 0 Å². The van der Waals surface area contributed by atoms with Crippen LogP contribution in [0, 0.1) is 6.92 Å². The van der Waals surface area contributed by atoms with Gasteiger partial charge in [0.05, 0.1) is 5.56 Å². The first-order valence-corrected chi connectivity index (χ1v) is 10.7. The molecule has 0 radical (unpaired) electrons. The van der Waals surface area contributed by atoms with Crippen molar-refractivity contribution in [2.75, 3.05) is 0 Å². The zero-order chi connectivity index (χ0) is 22.2. The highest BCUT2D eigenvalue weighted by Crippen LogP contribution is 2.46. The Hall–Kier alpha value is -3.81. The Morgan fingerprint density at radius 2 is 1.81 bits per heavy atom. The van der Waals surface area contributed by atoms with Gasteiger partial charge in [0.1, 0.15) is 17.7 Å². The molecule has 4 aromatic rings. The number of carbonyl (C=O) groups is 1. The Labute approximate surface area is 184 Å². The molecule has 0 aliphatic heterocycles. The third-order valence-corrected chi connectivity index (χ3v) is 6.10. The quantitative estimate of drug-likeness (QED) is 0.420. The summed E-state index contributed by atoms with van der Waals surface area (Å²) < 4.78 is 11.6. The van der Waals surface area contributed by atoms with E-state index < -0.39 is 11.5 Å². The highest BCUT2D eigenvalue weighted by Gasteiger charge is 2.34. The van der Waals surface area contributed by atoms with Gasteiger partial charge in [-0.25, -0.2) is 0 Å². The first kappa shape index (κ1) is 20.1. The normalized spacial score (nSPS) is 14.7. The standard InChI is InChI=1S/C24H23N3O5/c1-14-13-19(26-32-14)22(28)20-21(16-5-3-2-4-6-16)27(24(30)23(20)29)17-9-7-15(8-10-17)18-11-12-31-25-18/h7-13,16,29-30H,2-6H2,1H3. The SMILES string of the molecule is Cc1cc(C(=O)c2c(O)c(O)n(-c3ccc(-c4ccon4)cc3)c2C2CCCCC2)no1. The van der Waals surface area contributed by atoms with Crippen molar-refractivity contribution in [2.45, 2.75) is 44.9 Å². The van der Waals surface area contributed by atoms with E-state index in [-0.39, 0.29) is 23.1 Å². The number of benzene rings is 1. The summed E-state index contributed by atoms with van der Waals surface area (Å²) in [5, 5.41) is 29.6. The zero-order valence-corrected chi connectivity index (χ0v) is 17.6. The summed E-state index contributed by atoms with van der Waals surface area (Å²) in [5.74, 6) is -0.731. The summed E-state index contributed by atoms with van der Waals surface area (Å²) in [4.78, 5) is 13.3. The highest BCUT2D eigenvalue weighted by molar-refractivity contribution is 6.11. The average molecular weight is 433 g/mol. The molecule has 0 bridgehead atoms. The first-order chi connectivity index (χ1) is 15.5. The lowest BCUT2D eigenvalue weighted by atomic mass is 9.84. The van der Waals surface area contributed by atoms with Gasteiger partial charge in [0, 0.05) is 35.0 Å². The van der Waals surface area contributed by atoms with Crippen molar-refractivity contribution in [3.05, 3.63) is 65.4 Å². The minimum atomic E-state index is -0.465. The van der Waals surface area contributed by atoms with Gasteiger partial charge < -0.3 is 19.3 Å². The lowest BCUT2D eigenvalue weighted by Gasteiger charge is -2.24. The van der Waals surface area contributed by atoms with E-state index in [1.807, 2.05) is 24.3 Å². The number of hydrogen-bond acceptors (Lipinski definition) is 7. The van der Waals surface area contributed by atoms with Crippen LogP contribution in [-0.2, 0) is 0 Å². The molecule has 1 saturated carbocycles. The van der Waals surface area contributed by atoms with Gasteiger partial charge in [0.15, 0.2) is 11.4 Å². The molecule has 0 amide bonds. The molecule has 0 atom stereocenters. The fourth-order valence-corrected chi connectivity index (χ4v) is 4.56. The lowest BCUT2D eigenvalue weighted by Crippen LogP contribution is -2.15. The smallest absolute Gasteiger partial charge is 0.240 e. The minimum Gasteiger partial charge on any atom is -0.503 e. The van der Waals surface area contributed by atoms with E-state index in [1.165, 1.54) is 12.3 Å². The number of aromatic hydroxyl groups is 2. The second-order valence-electron chi connectivity index (χ2n) is 8.19. The summed E-state index contributed by atoms with van der Waals surface area (Å²) >= 11 is 0. The monoisotopic (exact) mass is 433 g/mol. The van der Waals surface area contributed by atoms with Crippen molar-refractivity contribution in [1.29, 1.82) is 0 Å². The Bertz CT molecular complexity index is 1250. The molecule has 1 aliphatic carbocycles. The second kappa shape index (κ2) is 8.03. The van der Waals surface area contributed by atoms with E-state index in [9.17, 15) is 15.0 Å². The van der Waals surface area contributed by atoms with E-state index in [1.54, 1.807) is 17.6 Å². The van der Waals surface area contributed by atoms with Crippen LogP contribution in [0.25, 0.3) is 16.9 Å². The molecule has 3 aromatic heterocycles. The maximum absolute atomic E-state index is 13.3. The number of aromatic nitrogens is 3. The van der Waals surface area contributed by atoms with Crippen LogP contribution in [0.5, 0.6) is 11.6 Å². The van der Waals surface area contributed by atoms with Gasteiger partial charge in [-0.15, -0.1) is 0 Å². The molecule has 8 nitrogen and oxygen atoms in total. The summed E-state index contributed by atoms with van der Waals surface area (Å²) in [7, 11) is 0. The second-order valence-corrected chi connectivity index (χ2v) is 8.19. The summed E-state index contributed by atoms with van der Waals surface area (Å²) in [5.41, 5.74) is 2.99. The van der Waals surface area contributed by atoms with Crippen LogP contribution in [0.15, 0.2) is 51.7 Å². The Morgan fingerprint density at radius 3 is 2.44 bits per heavy atom. The summed E-state index contributed by atoms with van der Waals surface area (Å²) in [6, 6.07) is 10.7. The zero-order valence-electron chi connectivity index (χ0n) is 17.6. The van der Waals surface area contributed by atoms with Gasteiger partial charge >= 0.3 is 0 Å². The minimum absolute atomic E-state index is 0.0257. The van der Waals surface area contributed by atoms with Crippen LogP contribution in [0.1, 0.15) is 65.5 Å². The molecule has 1 aromatic carbocycles. The Balaban J connectivity index is 1.65. The molecule has 3 heterocycles. The largest absolute Gasteiger partial charge is 0.503 e. The summed E-state index contributed by atoms with van der Waals surface area (Å²) in [6.45, 7) is 1.70. The van der Waals surface area contributed by atoms with Gasteiger partial charge in [-0.3, -0.25) is 9.36 Å². The van der Waals surface area contributed by atoms with Crippen molar-refractivity contribution >= 4 is 5.78 Å². The van der Waals surface area contributed by atoms with Gasteiger partial charge in [-0.1, -0.05) is 41.7 Å². The van der Waals surface area contributed by atoms with Gasteiger partial charge in [-0.2, -0.15) is 0 Å². The molecular weight excluding hydrogens is 410 g/mol. The molecule has 0 saturated heterocycles. The summed E-state index contributed by atoms with van der Waals surface area (Å²) in [6.07, 6.45) is 6.44. The van der Waals surface area contributed by atoms with Crippen LogP contribution in [0.2, 0.25) is 0 Å². The topological polar surface area (TPSA) is 115 Å². The molecule has 164 valence electrons. The number of rotatable bonds is 5. The molecule has 32 heavy (non-hydrogen) atoms. The third-order valence-electron chi connectivity index (χ3n) is 6.10. The van der Waals surface area contributed by atoms with E-state index in [0.29, 0.717) is 22.8 Å². The molecule has 5 rings (SSSR count). The van der Waals surface area contributed by atoms with Crippen molar-refractivity contribution in [3.63, 3.8) is 0 Å². The maximum Gasteiger partial charge on any atom is 0.240 e. The van der Waals surface area contributed by atoms with Gasteiger partial charge in [-0.05, 0) is 31.9 Å². The van der Waals surface area contributed by atoms with E-state index in [4.69, 9.17) is 9.05 Å². The van der Waals surface area contributed by atoms with Gasteiger partial charge in [0.2, 0.25) is 11.7 Å². The predicted molar refractivity (Wildman–Crippen MR) is 115 cm³/mol. The third kappa shape index (κ3) is 3.37. The van der Waals surface area contributed by atoms with Crippen LogP contribution in [0.4, 0.5) is 0 Å². The fourth-order valence-electron chi connectivity index (χ4n) is 4.56. The molecule has 8 heteroatoms. The number of ketones is 1. The Morgan fingerprint density at radius 1 is 1.06 bits per heavy atom. The van der Waals surface area contributed by atoms with Crippen LogP contribution < -0.4 is 0 Å². The first-order valence-electron chi connectivity index (χ1n) is 10.7. The fraction of sp³-hybridized carbons (Fsp3) is 0.292. The van der Waals surface area contributed by atoms with Crippen LogP contribution >= 0.6 is 0 Å². The molecule has 2 N–H and O–H groups in total. The van der Waals surface area contributed by atoms with Crippen molar-refractivity contribution in [3.8, 4) is 28.6 Å². The maximum atomic E-state index is 13.3. The molecular formula is C24H23N3O5. The number of aryl methyl sites for hydroxylation is 1. The van der Waals surface area contributed by atoms with E-state index >= 15 is 0 Å².